The molecule has 0 radical (unpaired) electrons. The molecule has 2 aromatic carbocycles. The molecular weight excluding hydrogens is 417 g/mol. The van der Waals surface area contributed by atoms with E-state index < -0.39 is 29.8 Å². The zero-order valence-corrected chi connectivity index (χ0v) is 16.7. The van der Waals surface area contributed by atoms with E-state index in [1.54, 1.807) is 24.3 Å². The molecule has 10 heteroatoms. The van der Waals surface area contributed by atoms with Gasteiger partial charge < -0.3 is 5.32 Å². The van der Waals surface area contributed by atoms with E-state index in [9.17, 15) is 14.4 Å². The Labute approximate surface area is 176 Å². The van der Waals surface area contributed by atoms with Crippen LogP contribution in [-0.2, 0) is 14.4 Å². The third-order valence-electron chi connectivity index (χ3n) is 4.66. The normalized spacial score (nSPS) is 20.4. The van der Waals surface area contributed by atoms with Crippen LogP contribution in [0.2, 0.25) is 10.0 Å². The monoisotopic (exact) mass is 431 g/mol. The van der Waals surface area contributed by atoms with Crippen molar-refractivity contribution < 1.29 is 14.4 Å². The molecule has 0 bridgehead atoms. The molecule has 0 aromatic heterocycles. The van der Waals surface area contributed by atoms with E-state index in [2.05, 4.69) is 15.7 Å². The molecule has 2 aliphatic rings. The first kappa shape index (κ1) is 19.4. The maximum Gasteiger partial charge on any atom is 0.263 e. The van der Waals surface area contributed by atoms with Crippen LogP contribution in [0.5, 0.6) is 0 Å². The smallest absolute Gasteiger partial charge is 0.263 e. The van der Waals surface area contributed by atoms with Crippen LogP contribution in [0.4, 0.5) is 11.4 Å². The van der Waals surface area contributed by atoms with E-state index >= 15 is 0 Å². The maximum absolute atomic E-state index is 12.9. The zero-order chi connectivity index (χ0) is 20.7. The zero-order valence-electron chi connectivity index (χ0n) is 15.2. The molecule has 4 rings (SSSR count). The molecule has 148 valence electrons. The van der Waals surface area contributed by atoms with Crippen molar-refractivity contribution in [3.8, 4) is 0 Å². The van der Waals surface area contributed by atoms with Crippen molar-refractivity contribution in [1.82, 2.24) is 5.01 Å². The van der Waals surface area contributed by atoms with Gasteiger partial charge in [0.15, 0.2) is 12.1 Å². The summed E-state index contributed by atoms with van der Waals surface area (Å²) in [4.78, 5) is 39.1. The standard InChI is InChI=1S/C19H15Cl2N5O3/c1-10-2-5-12(6-3-10)26-18(28)16-17(19(26)29)25(24-23-16)9-15(27)22-11-4-7-13(20)14(21)8-11/h2-8,16-17H,9H2,1H3,(H,22,27)/t16-,17+/m1/s1. The number of halogens is 2. The van der Waals surface area contributed by atoms with Crippen molar-refractivity contribution in [2.45, 2.75) is 19.0 Å². The average molecular weight is 432 g/mol. The predicted molar refractivity (Wildman–Crippen MR) is 108 cm³/mol. The molecule has 1 fully saturated rings. The van der Waals surface area contributed by atoms with Crippen molar-refractivity contribution in [2.24, 2.45) is 10.3 Å². The first-order valence-electron chi connectivity index (χ1n) is 8.72. The number of benzene rings is 2. The quantitative estimate of drug-likeness (QED) is 0.751. The Morgan fingerprint density at radius 3 is 2.48 bits per heavy atom. The Morgan fingerprint density at radius 1 is 1.07 bits per heavy atom. The van der Waals surface area contributed by atoms with Gasteiger partial charge in [-0.05, 0) is 37.3 Å². The molecule has 2 aliphatic heterocycles. The fraction of sp³-hybridized carbons (Fsp3) is 0.211. The summed E-state index contributed by atoms with van der Waals surface area (Å²) in [6, 6.07) is 9.80. The second-order valence-corrected chi connectivity index (χ2v) is 7.53. The van der Waals surface area contributed by atoms with E-state index in [-0.39, 0.29) is 6.54 Å². The molecule has 1 N–H and O–H groups in total. The molecule has 0 aliphatic carbocycles. The minimum atomic E-state index is -0.957. The summed E-state index contributed by atoms with van der Waals surface area (Å²) in [5, 5.41) is 12.3. The van der Waals surface area contributed by atoms with Crippen LogP contribution >= 0.6 is 23.2 Å². The lowest BCUT2D eigenvalue weighted by Gasteiger charge is -2.20. The van der Waals surface area contributed by atoms with Gasteiger partial charge in [-0.25, -0.2) is 4.90 Å². The Kier molecular flexibility index (Phi) is 4.97. The fourth-order valence-corrected chi connectivity index (χ4v) is 3.52. The second-order valence-electron chi connectivity index (χ2n) is 6.72. The van der Waals surface area contributed by atoms with Crippen LogP contribution in [-0.4, -0.2) is 41.4 Å². The molecule has 2 atom stereocenters. The van der Waals surface area contributed by atoms with Crippen molar-refractivity contribution in [2.75, 3.05) is 16.8 Å². The molecular formula is C19H15Cl2N5O3. The van der Waals surface area contributed by atoms with Gasteiger partial charge in [0.05, 0.1) is 15.7 Å². The van der Waals surface area contributed by atoms with E-state index in [0.717, 1.165) is 10.5 Å². The molecule has 0 spiro atoms. The number of amides is 3. The van der Waals surface area contributed by atoms with Crippen LogP contribution in [0.1, 0.15) is 5.56 Å². The Bertz CT molecular complexity index is 1040. The van der Waals surface area contributed by atoms with E-state index in [1.807, 2.05) is 19.1 Å². The molecule has 2 aromatic rings. The van der Waals surface area contributed by atoms with Crippen LogP contribution in [0.25, 0.3) is 0 Å². The Morgan fingerprint density at radius 2 is 1.79 bits per heavy atom. The van der Waals surface area contributed by atoms with Gasteiger partial charge in [-0.15, -0.1) is 0 Å². The third kappa shape index (κ3) is 3.56. The van der Waals surface area contributed by atoms with Gasteiger partial charge in [0.25, 0.3) is 11.8 Å². The number of imide groups is 1. The van der Waals surface area contributed by atoms with Crippen molar-refractivity contribution >= 4 is 52.3 Å². The largest absolute Gasteiger partial charge is 0.324 e. The second kappa shape index (κ2) is 7.46. The molecule has 0 saturated carbocycles. The van der Waals surface area contributed by atoms with E-state index in [4.69, 9.17) is 23.2 Å². The van der Waals surface area contributed by atoms with Crippen molar-refractivity contribution in [3.63, 3.8) is 0 Å². The summed E-state index contributed by atoms with van der Waals surface area (Å²) in [5.41, 5.74) is 1.93. The minimum Gasteiger partial charge on any atom is -0.324 e. The molecule has 1 saturated heterocycles. The predicted octanol–water partition coefficient (Wildman–Crippen LogP) is 3.23. The lowest BCUT2D eigenvalue weighted by Crippen LogP contribution is -2.43. The number of hydrogen-bond acceptors (Lipinski definition) is 6. The molecule has 29 heavy (non-hydrogen) atoms. The Hall–Kier alpha value is -2.97. The summed E-state index contributed by atoms with van der Waals surface area (Å²) in [5.74, 6) is -1.35. The number of carbonyl (C=O) groups is 3. The van der Waals surface area contributed by atoms with Gasteiger partial charge in [0.2, 0.25) is 5.91 Å². The lowest BCUT2D eigenvalue weighted by molar-refractivity contribution is -0.123. The molecule has 3 amide bonds. The van der Waals surface area contributed by atoms with Crippen LogP contribution in [0.3, 0.4) is 0 Å². The first-order chi connectivity index (χ1) is 13.8. The van der Waals surface area contributed by atoms with Gasteiger partial charge in [-0.1, -0.05) is 46.1 Å². The summed E-state index contributed by atoms with van der Waals surface area (Å²) >= 11 is 11.8. The van der Waals surface area contributed by atoms with Gasteiger partial charge in [0, 0.05) is 5.69 Å². The van der Waals surface area contributed by atoms with Gasteiger partial charge in [0.1, 0.15) is 6.54 Å². The highest BCUT2D eigenvalue weighted by molar-refractivity contribution is 6.42. The van der Waals surface area contributed by atoms with Gasteiger partial charge in [-0.3, -0.25) is 19.4 Å². The van der Waals surface area contributed by atoms with Crippen molar-refractivity contribution in [1.29, 1.82) is 0 Å². The summed E-state index contributed by atoms with van der Waals surface area (Å²) < 4.78 is 0. The lowest BCUT2D eigenvalue weighted by atomic mass is 10.1. The topological polar surface area (TPSA) is 94.4 Å². The number of nitrogens with one attached hydrogen (secondary N) is 1. The number of carbonyl (C=O) groups excluding carboxylic acids is 3. The van der Waals surface area contributed by atoms with Crippen LogP contribution < -0.4 is 10.2 Å². The minimum absolute atomic E-state index is 0.244. The number of nitrogens with zero attached hydrogens (tertiary/aromatic N) is 4. The molecule has 8 nitrogen and oxygen atoms in total. The third-order valence-corrected chi connectivity index (χ3v) is 5.40. The average Bonchev–Trinajstić information content (AvgIpc) is 3.19. The van der Waals surface area contributed by atoms with E-state index in [1.165, 1.54) is 11.1 Å². The summed E-state index contributed by atoms with van der Waals surface area (Å²) in [6.45, 7) is 1.67. The van der Waals surface area contributed by atoms with Gasteiger partial charge >= 0.3 is 0 Å². The number of rotatable bonds is 4. The van der Waals surface area contributed by atoms with E-state index in [0.29, 0.717) is 21.4 Å². The summed E-state index contributed by atoms with van der Waals surface area (Å²) in [7, 11) is 0. The van der Waals surface area contributed by atoms with Gasteiger partial charge in [-0.2, -0.15) is 5.11 Å². The highest BCUT2D eigenvalue weighted by atomic mass is 35.5. The first-order valence-corrected chi connectivity index (χ1v) is 9.47. The van der Waals surface area contributed by atoms with Crippen molar-refractivity contribution in [3.05, 3.63) is 58.1 Å². The summed E-state index contributed by atoms with van der Waals surface area (Å²) in [6.07, 6.45) is 0. The SMILES string of the molecule is Cc1ccc(N2C(=O)[C@@H]3[C@@H](N=NN3CC(=O)Nc3ccc(Cl)c(Cl)c3)C2=O)cc1. The molecule has 0 unspecified atom stereocenters. The maximum atomic E-state index is 12.9. The highest BCUT2D eigenvalue weighted by Crippen LogP contribution is 2.32. The highest BCUT2D eigenvalue weighted by Gasteiger charge is 2.55. The Balaban J connectivity index is 1.48. The number of aryl methyl sites for hydroxylation is 1. The number of fused-ring (bicyclic) bond motifs is 1. The van der Waals surface area contributed by atoms with Crippen LogP contribution in [0, 0.1) is 6.92 Å². The molecule has 2 heterocycles. The fourth-order valence-electron chi connectivity index (χ4n) is 3.22. The van der Waals surface area contributed by atoms with Crippen LogP contribution in [0.15, 0.2) is 52.8 Å². The number of anilines is 2. The number of hydrogen-bond donors (Lipinski definition) is 1.